The molecular weight excluding hydrogens is 363 g/mol. The summed E-state index contributed by atoms with van der Waals surface area (Å²) in [5.41, 5.74) is -0.0535. The van der Waals surface area contributed by atoms with E-state index in [1.807, 2.05) is 24.3 Å². The molecule has 3 rings (SSSR count). The molecule has 2 aromatic carbocycles. The number of benzene rings is 2. The van der Waals surface area contributed by atoms with E-state index < -0.39 is 11.7 Å². The molecule has 0 atom stereocenters. The Kier molecular flexibility index (Phi) is 6.35. The van der Waals surface area contributed by atoms with Gasteiger partial charge in [0.25, 0.3) is 5.91 Å². The average molecular weight is 382 g/mol. The molecule has 0 bridgehead atoms. The summed E-state index contributed by atoms with van der Waals surface area (Å²) in [5.74, 6) is 1.09. The van der Waals surface area contributed by atoms with Crippen molar-refractivity contribution >= 4 is 17.5 Å². The summed E-state index contributed by atoms with van der Waals surface area (Å²) in [6.45, 7) is 0.946. The van der Waals surface area contributed by atoms with E-state index in [-0.39, 0.29) is 11.4 Å². The summed E-state index contributed by atoms with van der Waals surface area (Å²) in [6.07, 6.45) is 0. The van der Waals surface area contributed by atoms with Gasteiger partial charge in [-0.15, -0.1) is 10.2 Å². The van der Waals surface area contributed by atoms with Gasteiger partial charge in [0.1, 0.15) is 29.7 Å². The first-order valence-corrected chi connectivity index (χ1v) is 8.56. The van der Waals surface area contributed by atoms with Crippen LogP contribution in [0.4, 0.5) is 16.0 Å². The number of methoxy groups -OCH3 is 1. The second-order valence-electron chi connectivity index (χ2n) is 5.69. The topological polar surface area (TPSA) is 85.4 Å². The minimum Gasteiger partial charge on any atom is -0.497 e. The standard InChI is InChI=1S/C20H19FN4O3/c1-27-14-6-8-15(9-7-14)28-13-12-22-18-10-11-19(25-24-18)23-20(26)16-4-2-3-5-17(16)21/h2-11H,12-13H2,1H3,(H,22,24)(H,23,25,26). The number of rotatable bonds is 8. The van der Waals surface area contributed by atoms with E-state index in [2.05, 4.69) is 20.8 Å². The maximum absolute atomic E-state index is 13.6. The molecule has 0 aliphatic rings. The Labute approximate surface area is 161 Å². The number of nitrogens with zero attached hydrogens (tertiary/aromatic N) is 2. The van der Waals surface area contributed by atoms with Gasteiger partial charge in [-0.05, 0) is 48.5 Å². The summed E-state index contributed by atoms with van der Waals surface area (Å²) in [7, 11) is 1.61. The van der Waals surface area contributed by atoms with Crippen molar-refractivity contribution in [1.29, 1.82) is 0 Å². The lowest BCUT2D eigenvalue weighted by Gasteiger charge is -2.09. The van der Waals surface area contributed by atoms with Crippen LogP contribution in [0.3, 0.4) is 0 Å². The molecule has 7 nitrogen and oxygen atoms in total. The SMILES string of the molecule is COc1ccc(OCCNc2ccc(NC(=O)c3ccccc3F)nn2)cc1. The molecule has 0 radical (unpaired) electrons. The predicted molar refractivity (Wildman–Crippen MR) is 103 cm³/mol. The molecule has 0 fully saturated rings. The first-order chi connectivity index (χ1) is 13.7. The Bertz CT molecular complexity index is 917. The maximum Gasteiger partial charge on any atom is 0.259 e. The van der Waals surface area contributed by atoms with Crippen molar-refractivity contribution in [3.8, 4) is 11.5 Å². The highest BCUT2D eigenvalue weighted by atomic mass is 19.1. The van der Waals surface area contributed by atoms with Crippen LogP contribution in [0.15, 0.2) is 60.7 Å². The van der Waals surface area contributed by atoms with E-state index in [1.165, 1.54) is 18.2 Å². The molecule has 1 heterocycles. The molecule has 0 saturated carbocycles. The third kappa shape index (κ3) is 5.16. The molecule has 1 aromatic heterocycles. The van der Waals surface area contributed by atoms with E-state index >= 15 is 0 Å². The zero-order chi connectivity index (χ0) is 19.8. The van der Waals surface area contributed by atoms with E-state index in [0.717, 1.165) is 11.5 Å². The number of aromatic nitrogens is 2. The highest BCUT2D eigenvalue weighted by molar-refractivity contribution is 6.03. The lowest BCUT2D eigenvalue weighted by atomic mass is 10.2. The molecule has 28 heavy (non-hydrogen) atoms. The Hall–Kier alpha value is -3.68. The minimum absolute atomic E-state index is 0.0535. The number of carbonyl (C=O) groups is 1. The number of hydrogen-bond donors (Lipinski definition) is 2. The first kappa shape index (κ1) is 19.1. The van der Waals surface area contributed by atoms with Crippen molar-refractivity contribution in [2.24, 2.45) is 0 Å². The van der Waals surface area contributed by atoms with Crippen LogP contribution in [0, 0.1) is 5.82 Å². The van der Waals surface area contributed by atoms with Crippen LogP contribution < -0.4 is 20.1 Å². The molecular formula is C20H19FN4O3. The van der Waals surface area contributed by atoms with Gasteiger partial charge >= 0.3 is 0 Å². The van der Waals surface area contributed by atoms with Crippen LogP contribution >= 0.6 is 0 Å². The van der Waals surface area contributed by atoms with Gasteiger partial charge in [-0.2, -0.15) is 0 Å². The molecule has 0 saturated heterocycles. The van der Waals surface area contributed by atoms with Gasteiger partial charge < -0.3 is 20.1 Å². The normalized spacial score (nSPS) is 10.2. The number of hydrogen-bond acceptors (Lipinski definition) is 6. The van der Waals surface area contributed by atoms with Gasteiger partial charge in [-0.25, -0.2) is 4.39 Å². The van der Waals surface area contributed by atoms with Crippen LogP contribution in [0.2, 0.25) is 0 Å². The van der Waals surface area contributed by atoms with Gasteiger partial charge in [0.15, 0.2) is 5.82 Å². The molecule has 8 heteroatoms. The number of amides is 1. The monoisotopic (exact) mass is 382 g/mol. The molecule has 0 aliphatic heterocycles. The number of nitrogens with one attached hydrogen (secondary N) is 2. The number of ether oxygens (including phenoxy) is 2. The van der Waals surface area contributed by atoms with E-state index in [0.29, 0.717) is 19.0 Å². The lowest BCUT2D eigenvalue weighted by Crippen LogP contribution is -2.16. The van der Waals surface area contributed by atoms with Gasteiger partial charge in [0.2, 0.25) is 0 Å². The predicted octanol–water partition coefficient (Wildman–Crippen LogP) is 3.37. The van der Waals surface area contributed by atoms with Crippen LogP contribution in [0.25, 0.3) is 0 Å². The van der Waals surface area contributed by atoms with E-state index in [4.69, 9.17) is 9.47 Å². The van der Waals surface area contributed by atoms with Crippen LogP contribution in [0.1, 0.15) is 10.4 Å². The van der Waals surface area contributed by atoms with Crippen LogP contribution in [-0.2, 0) is 0 Å². The maximum atomic E-state index is 13.6. The van der Waals surface area contributed by atoms with Gasteiger partial charge in [0, 0.05) is 0 Å². The molecule has 2 N–H and O–H groups in total. The fourth-order valence-electron chi connectivity index (χ4n) is 2.34. The van der Waals surface area contributed by atoms with Crippen molar-refractivity contribution in [3.05, 3.63) is 72.0 Å². The summed E-state index contributed by atoms with van der Waals surface area (Å²) < 4.78 is 24.3. The molecule has 0 unspecified atom stereocenters. The zero-order valence-electron chi connectivity index (χ0n) is 15.2. The molecule has 144 valence electrons. The third-order valence-electron chi connectivity index (χ3n) is 3.76. The van der Waals surface area contributed by atoms with E-state index in [1.54, 1.807) is 25.3 Å². The van der Waals surface area contributed by atoms with Crippen LogP contribution in [-0.4, -0.2) is 36.4 Å². The largest absolute Gasteiger partial charge is 0.497 e. The zero-order valence-corrected chi connectivity index (χ0v) is 15.2. The van der Waals surface area contributed by atoms with E-state index in [9.17, 15) is 9.18 Å². The smallest absolute Gasteiger partial charge is 0.259 e. The fourth-order valence-corrected chi connectivity index (χ4v) is 2.34. The summed E-state index contributed by atoms with van der Waals surface area (Å²) in [6, 6.07) is 16.3. The second-order valence-corrected chi connectivity index (χ2v) is 5.69. The Morgan fingerprint density at radius 3 is 2.32 bits per heavy atom. The van der Waals surface area contributed by atoms with Gasteiger partial charge in [0.05, 0.1) is 19.2 Å². The summed E-state index contributed by atoms with van der Waals surface area (Å²) in [5, 5.41) is 13.5. The number of carbonyl (C=O) groups excluding carboxylic acids is 1. The highest BCUT2D eigenvalue weighted by Gasteiger charge is 2.11. The average Bonchev–Trinajstić information content (AvgIpc) is 2.73. The Morgan fingerprint density at radius 2 is 1.64 bits per heavy atom. The first-order valence-electron chi connectivity index (χ1n) is 8.56. The van der Waals surface area contributed by atoms with Crippen molar-refractivity contribution in [2.45, 2.75) is 0 Å². The fraction of sp³-hybridized carbons (Fsp3) is 0.150. The molecule has 1 amide bonds. The lowest BCUT2D eigenvalue weighted by molar-refractivity contribution is 0.102. The van der Waals surface area contributed by atoms with Gasteiger partial charge in [-0.1, -0.05) is 12.1 Å². The molecule has 0 aliphatic carbocycles. The Balaban J connectivity index is 1.45. The number of halogens is 1. The third-order valence-corrected chi connectivity index (χ3v) is 3.76. The van der Waals surface area contributed by atoms with Crippen molar-refractivity contribution in [2.75, 3.05) is 30.9 Å². The molecule has 3 aromatic rings. The van der Waals surface area contributed by atoms with Crippen LogP contribution in [0.5, 0.6) is 11.5 Å². The van der Waals surface area contributed by atoms with Gasteiger partial charge in [-0.3, -0.25) is 4.79 Å². The van der Waals surface area contributed by atoms with Crippen molar-refractivity contribution < 1.29 is 18.7 Å². The van der Waals surface area contributed by atoms with Crippen molar-refractivity contribution in [3.63, 3.8) is 0 Å². The summed E-state index contributed by atoms with van der Waals surface area (Å²) >= 11 is 0. The molecule has 0 spiro atoms. The Morgan fingerprint density at radius 1 is 0.964 bits per heavy atom. The summed E-state index contributed by atoms with van der Waals surface area (Å²) in [4.78, 5) is 12.0. The highest BCUT2D eigenvalue weighted by Crippen LogP contribution is 2.17. The van der Waals surface area contributed by atoms with Crippen molar-refractivity contribution in [1.82, 2.24) is 10.2 Å². The number of anilines is 2. The minimum atomic E-state index is -0.594. The second kappa shape index (κ2) is 9.31. The quantitative estimate of drug-likeness (QED) is 0.581.